The Morgan fingerprint density at radius 3 is 2.63 bits per heavy atom. The maximum atomic E-state index is 13.9. The van der Waals surface area contributed by atoms with Gasteiger partial charge in [-0.1, -0.05) is 28.1 Å². The Morgan fingerprint density at radius 2 is 2.05 bits per heavy atom. The van der Waals surface area contributed by atoms with Gasteiger partial charge in [0.25, 0.3) is 0 Å². The number of benzene rings is 1. The van der Waals surface area contributed by atoms with Crippen LogP contribution in [0.3, 0.4) is 0 Å². The van der Waals surface area contributed by atoms with Crippen molar-refractivity contribution in [1.29, 1.82) is 0 Å². The third-order valence-corrected chi connectivity index (χ3v) is 4.41. The third kappa shape index (κ3) is 4.13. The van der Waals surface area contributed by atoms with Crippen molar-refractivity contribution >= 4 is 27.3 Å². The van der Waals surface area contributed by atoms with E-state index in [1.54, 1.807) is 11.3 Å². The summed E-state index contributed by atoms with van der Waals surface area (Å²) in [5.41, 5.74) is 0.744. The maximum absolute atomic E-state index is 13.9. The van der Waals surface area contributed by atoms with Gasteiger partial charge >= 0.3 is 0 Å². The molecular formula is C15H17BrFNS. The van der Waals surface area contributed by atoms with E-state index in [-0.39, 0.29) is 5.82 Å². The topological polar surface area (TPSA) is 3.24 Å². The average Bonchev–Trinajstić information content (AvgIpc) is 2.84. The van der Waals surface area contributed by atoms with Gasteiger partial charge in [-0.2, -0.15) is 0 Å². The second-order valence-corrected chi connectivity index (χ2v) is 6.76. The second kappa shape index (κ2) is 6.64. The molecule has 0 N–H and O–H groups in total. The first kappa shape index (κ1) is 14.7. The molecule has 2 aromatic rings. The zero-order valence-electron chi connectivity index (χ0n) is 11.1. The molecule has 0 radical (unpaired) electrons. The van der Waals surface area contributed by atoms with E-state index in [1.165, 1.54) is 10.9 Å². The van der Waals surface area contributed by atoms with Crippen LogP contribution in [-0.2, 0) is 13.1 Å². The van der Waals surface area contributed by atoms with Crippen molar-refractivity contribution in [2.45, 2.75) is 33.0 Å². The minimum absolute atomic E-state index is 0.147. The zero-order valence-corrected chi connectivity index (χ0v) is 13.5. The summed E-state index contributed by atoms with van der Waals surface area (Å²) in [4.78, 5) is 3.59. The van der Waals surface area contributed by atoms with Gasteiger partial charge in [-0.3, -0.25) is 4.90 Å². The van der Waals surface area contributed by atoms with Crippen molar-refractivity contribution in [1.82, 2.24) is 4.90 Å². The van der Waals surface area contributed by atoms with Crippen molar-refractivity contribution < 1.29 is 4.39 Å². The van der Waals surface area contributed by atoms with Gasteiger partial charge in [-0.15, -0.1) is 11.3 Å². The monoisotopic (exact) mass is 341 g/mol. The van der Waals surface area contributed by atoms with E-state index in [9.17, 15) is 4.39 Å². The van der Waals surface area contributed by atoms with Gasteiger partial charge in [-0.05, 0) is 37.4 Å². The molecule has 0 spiro atoms. The number of thiophene rings is 1. The highest BCUT2D eigenvalue weighted by molar-refractivity contribution is 9.10. The van der Waals surface area contributed by atoms with Crippen molar-refractivity contribution in [3.63, 3.8) is 0 Å². The standard InChI is InChI=1S/C15H17BrFNS/c1-11(2)18(10-14-4-3-7-19-14)9-12-5-6-13(16)8-15(12)17/h3-8,11H,9-10H2,1-2H3. The largest absolute Gasteiger partial charge is 0.292 e. The molecule has 0 aliphatic carbocycles. The summed E-state index contributed by atoms with van der Waals surface area (Å²) in [5, 5.41) is 2.08. The van der Waals surface area contributed by atoms with Gasteiger partial charge in [0.2, 0.25) is 0 Å². The summed E-state index contributed by atoms with van der Waals surface area (Å²) in [7, 11) is 0. The Morgan fingerprint density at radius 1 is 1.26 bits per heavy atom. The molecule has 0 saturated heterocycles. The Balaban J connectivity index is 2.12. The lowest BCUT2D eigenvalue weighted by Gasteiger charge is -2.26. The number of rotatable bonds is 5. The number of halogens is 2. The van der Waals surface area contributed by atoms with Crippen molar-refractivity contribution in [3.8, 4) is 0 Å². The maximum Gasteiger partial charge on any atom is 0.128 e. The SMILES string of the molecule is CC(C)N(Cc1cccs1)Cc1ccc(Br)cc1F. The fraction of sp³-hybridized carbons (Fsp3) is 0.333. The lowest BCUT2D eigenvalue weighted by Crippen LogP contribution is -2.29. The summed E-state index contributed by atoms with van der Waals surface area (Å²) < 4.78 is 14.7. The van der Waals surface area contributed by atoms with Gasteiger partial charge in [0.1, 0.15) is 5.82 Å². The Labute approximate surface area is 126 Å². The van der Waals surface area contributed by atoms with Crippen LogP contribution in [0.1, 0.15) is 24.3 Å². The summed E-state index contributed by atoms with van der Waals surface area (Å²) in [6.07, 6.45) is 0. The van der Waals surface area contributed by atoms with Crippen LogP contribution in [0.15, 0.2) is 40.2 Å². The first-order valence-electron chi connectivity index (χ1n) is 6.26. The van der Waals surface area contributed by atoms with Crippen molar-refractivity contribution in [3.05, 3.63) is 56.4 Å². The average molecular weight is 342 g/mol. The normalized spacial score (nSPS) is 11.5. The highest BCUT2D eigenvalue weighted by Crippen LogP contribution is 2.20. The van der Waals surface area contributed by atoms with Crippen molar-refractivity contribution in [2.24, 2.45) is 0 Å². The van der Waals surface area contributed by atoms with Crippen LogP contribution < -0.4 is 0 Å². The van der Waals surface area contributed by atoms with E-state index in [1.807, 2.05) is 12.1 Å². The first-order valence-corrected chi connectivity index (χ1v) is 7.94. The van der Waals surface area contributed by atoms with Crippen molar-refractivity contribution in [2.75, 3.05) is 0 Å². The Bertz CT molecular complexity index is 525. The van der Waals surface area contributed by atoms with E-state index < -0.39 is 0 Å². The van der Waals surface area contributed by atoms with Gasteiger partial charge in [-0.25, -0.2) is 4.39 Å². The molecule has 1 heterocycles. The van der Waals surface area contributed by atoms with Crippen LogP contribution in [0.25, 0.3) is 0 Å². The van der Waals surface area contributed by atoms with Crippen LogP contribution in [0.5, 0.6) is 0 Å². The molecule has 0 fully saturated rings. The lowest BCUT2D eigenvalue weighted by molar-refractivity contribution is 0.203. The van der Waals surface area contributed by atoms with Gasteiger partial charge in [0, 0.05) is 34.0 Å². The summed E-state index contributed by atoms with van der Waals surface area (Å²) in [6.45, 7) is 5.79. The van der Waals surface area contributed by atoms with Crippen LogP contribution >= 0.6 is 27.3 Å². The van der Waals surface area contributed by atoms with E-state index in [2.05, 4.69) is 52.2 Å². The van der Waals surface area contributed by atoms with Gasteiger partial charge < -0.3 is 0 Å². The van der Waals surface area contributed by atoms with Crippen LogP contribution in [0, 0.1) is 5.82 Å². The fourth-order valence-electron chi connectivity index (χ4n) is 1.89. The summed E-state index contributed by atoms with van der Waals surface area (Å²) in [6, 6.07) is 9.83. The molecule has 102 valence electrons. The van der Waals surface area contributed by atoms with Gasteiger partial charge in [0.05, 0.1) is 0 Å². The molecule has 0 unspecified atom stereocenters. The van der Waals surface area contributed by atoms with E-state index >= 15 is 0 Å². The molecule has 19 heavy (non-hydrogen) atoms. The van der Waals surface area contributed by atoms with Crippen LogP contribution in [0.4, 0.5) is 4.39 Å². The smallest absolute Gasteiger partial charge is 0.128 e. The van der Waals surface area contributed by atoms with Crippen LogP contribution in [0.2, 0.25) is 0 Å². The predicted octanol–water partition coefficient (Wildman–Crippen LogP) is 5.06. The zero-order chi connectivity index (χ0) is 13.8. The Hall–Kier alpha value is -0.710. The molecule has 1 aromatic heterocycles. The third-order valence-electron chi connectivity index (χ3n) is 3.06. The molecule has 0 aliphatic heterocycles. The minimum Gasteiger partial charge on any atom is -0.292 e. The molecule has 0 bridgehead atoms. The van der Waals surface area contributed by atoms with Crippen LogP contribution in [-0.4, -0.2) is 10.9 Å². The molecule has 2 rings (SSSR count). The number of hydrogen-bond acceptors (Lipinski definition) is 2. The molecule has 1 aromatic carbocycles. The molecule has 0 atom stereocenters. The highest BCUT2D eigenvalue weighted by Gasteiger charge is 2.14. The molecule has 0 aliphatic rings. The van der Waals surface area contributed by atoms with E-state index in [0.717, 1.165) is 16.6 Å². The molecular weight excluding hydrogens is 325 g/mol. The number of nitrogens with zero attached hydrogens (tertiary/aromatic N) is 1. The van der Waals surface area contributed by atoms with E-state index in [0.29, 0.717) is 12.6 Å². The lowest BCUT2D eigenvalue weighted by atomic mass is 10.1. The predicted molar refractivity (Wildman–Crippen MR) is 82.8 cm³/mol. The quantitative estimate of drug-likeness (QED) is 0.734. The molecule has 0 saturated carbocycles. The minimum atomic E-state index is -0.147. The molecule has 1 nitrogen and oxygen atoms in total. The summed E-state index contributed by atoms with van der Waals surface area (Å²) >= 11 is 5.03. The molecule has 0 amide bonds. The highest BCUT2D eigenvalue weighted by atomic mass is 79.9. The fourth-order valence-corrected chi connectivity index (χ4v) is 2.96. The first-order chi connectivity index (χ1) is 9.06. The molecule has 4 heteroatoms. The van der Waals surface area contributed by atoms with Gasteiger partial charge in [0.15, 0.2) is 0 Å². The Kier molecular flexibility index (Phi) is 5.13. The van der Waals surface area contributed by atoms with E-state index in [4.69, 9.17) is 0 Å². The summed E-state index contributed by atoms with van der Waals surface area (Å²) in [5.74, 6) is -0.147. The second-order valence-electron chi connectivity index (χ2n) is 4.81. The number of hydrogen-bond donors (Lipinski definition) is 0.